The molecule has 2 aromatic carbocycles. The first-order valence-electron chi connectivity index (χ1n) is 9.49. The molecular weight excluding hydrogens is 354 g/mol. The van der Waals surface area contributed by atoms with Gasteiger partial charge in [0, 0.05) is 19.1 Å². The number of para-hydroxylation sites is 1. The van der Waals surface area contributed by atoms with Crippen molar-refractivity contribution < 1.29 is 4.79 Å². The van der Waals surface area contributed by atoms with Crippen LogP contribution in [0.2, 0.25) is 0 Å². The fourth-order valence-corrected chi connectivity index (χ4v) is 3.37. The van der Waals surface area contributed by atoms with Crippen molar-refractivity contribution in [2.75, 3.05) is 0 Å². The highest BCUT2D eigenvalue weighted by atomic mass is 16.2. The minimum Gasteiger partial charge on any atom is -0.334 e. The summed E-state index contributed by atoms with van der Waals surface area (Å²) in [5.74, 6) is -0.160. The normalized spacial score (nSPS) is 11.1. The average molecular weight is 379 g/mol. The van der Waals surface area contributed by atoms with Crippen LogP contribution < -0.4 is 11.2 Å². The lowest BCUT2D eigenvalue weighted by molar-refractivity contribution is -0.134. The molecule has 0 N–H and O–H groups in total. The highest BCUT2D eigenvalue weighted by molar-refractivity contribution is 5.81. The van der Waals surface area contributed by atoms with Crippen LogP contribution in [0.5, 0.6) is 0 Å². The first-order valence-corrected chi connectivity index (χ1v) is 9.49. The summed E-state index contributed by atoms with van der Waals surface area (Å²) in [6.07, 6.45) is 0. The molecule has 6 heteroatoms. The smallest absolute Gasteiger partial charge is 0.331 e. The van der Waals surface area contributed by atoms with Gasteiger partial charge in [0.25, 0.3) is 5.56 Å². The van der Waals surface area contributed by atoms with Crippen molar-refractivity contribution in [2.24, 2.45) is 0 Å². The molecule has 0 bridgehead atoms. The predicted molar refractivity (Wildman–Crippen MR) is 110 cm³/mol. The van der Waals surface area contributed by atoms with Gasteiger partial charge >= 0.3 is 5.69 Å². The summed E-state index contributed by atoms with van der Waals surface area (Å²) in [6, 6.07) is 16.7. The van der Waals surface area contributed by atoms with Gasteiger partial charge in [-0.15, -0.1) is 0 Å². The van der Waals surface area contributed by atoms with Gasteiger partial charge in [0.1, 0.15) is 6.54 Å². The van der Waals surface area contributed by atoms with E-state index in [-0.39, 0.29) is 30.6 Å². The number of fused-ring (bicyclic) bond motifs is 1. The molecular formula is C22H25N3O3. The fourth-order valence-electron chi connectivity index (χ4n) is 3.37. The largest absolute Gasteiger partial charge is 0.334 e. The van der Waals surface area contributed by atoms with E-state index in [9.17, 15) is 14.4 Å². The van der Waals surface area contributed by atoms with Crippen molar-refractivity contribution in [1.82, 2.24) is 14.0 Å². The van der Waals surface area contributed by atoms with Gasteiger partial charge in [-0.1, -0.05) is 42.5 Å². The molecule has 0 atom stereocenters. The van der Waals surface area contributed by atoms with Crippen LogP contribution in [0.4, 0.5) is 0 Å². The van der Waals surface area contributed by atoms with Gasteiger partial charge in [0.05, 0.1) is 10.9 Å². The number of hydrogen-bond donors (Lipinski definition) is 0. The fraction of sp³-hybridized carbons (Fsp3) is 0.318. The lowest BCUT2D eigenvalue weighted by Gasteiger charge is -2.27. The Hall–Kier alpha value is -3.15. The van der Waals surface area contributed by atoms with Crippen molar-refractivity contribution in [1.29, 1.82) is 0 Å². The van der Waals surface area contributed by atoms with Crippen molar-refractivity contribution in [3.63, 3.8) is 0 Å². The predicted octanol–water partition coefficient (Wildman–Crippen LogP) is 2.62. The third-order valence-electron chi connectivity index (χ3n) is 4.88. The number of nitrogens with zero attached hydrogens (tertiary/aromatic N) is 3. The van der Waals surface area contributed by atoms with E-state index in [0.717, 1.165) is 5.56 Å². The molecule has 1 aromatic heterocycles. The van der Waals surface area contributed by atoms with Gasteiger partial charge in [-0.2, -0.15) is 0 Å². The molecule has 3 rings (SSSR count). The average Bonchev–Trinajstić information content (AvgIpc) is 2.70. The first kappa shape index (κ1) is 19.6. The third-order valence-corrected chi connectivity index (χ3v) is 4.88. The van der Waals surface area contributed by atoms with E-state index in [1.807, 2.05) is 44.2 Å². The summed E-state index contributed by atoms with van der Waals surface area (Å²) in [5.41, 5.74) is 0.735. The SMILES string of the molecule is CCn1c(=O)c2ccccc2n(CC(=O)N(Cc2ccccc2)C(C)C)c1=O. The minimum absolute atomic E-state index is 0.0215. The molecule has 0 aliphatic carbocycles. The Bertz CT molecular complexity index is 1100. The second kappa shape index (κ2) is 8.25. The van der Waals surface area contributed by atoms with Gasteiger partial charge < -0.3 is 4.90 Å². The Kier molecular flexibility index (Phi) is 5.78. The van der Waals surface area contributed by atoms with Crippen molar-refractivity contribution in [2.45, 2.75) is 46.4 Å². The minimum atomic E-state index is -0.456. The van der Waals surface area contributed by atoms with Crippen LogP contribution >= 0.6 is 0 Å². The molecule has 146 valence electrons. The number of carbonyl (C=O) groups is 1. The number of benzene rings is 2. The summed E-state index contributed by atoms with van der Waals surface area (Å²) in [4.78, 5) is 40.3. The third kappa shape index (κ3) is 3.76. The topological polar surface area (TPSA) is 64.3 Å². The number of amides is 1. The molecule has 3 aromatic rings. The van der Waals surface area contributed by atoms with Gasteiger partial charge in [0.15, 0.2) is 0 Å². The molecule has 0 unspecified atom stereocenters. The number of carbonyl (C=O) groups excluding carboxylic acids is 1. The Morgan fingerprint density at radius 3 is 2.25 bits per heavy atom. The zero-order valence-corrected chi connectivity index (χ0v) is 16.5. The van der Waals surface area contributed by atoms with Gasteiger partial charge in [-0.3, -0.25) is 18.7 Å². The quantitative estimate of drug-likeness (QED) is 0.661. The van der Waals surface area contributed by atoms with Crippen LogP contribution in [0.25, 0.3) is 10.9 Å². The molecule has 0 aliphatic rings. The monoisotopic (exact) mass is 379 g/mol. The molecule has 0 radical (unpaired) electrons. The van der Waals surface area contributed by atoms with Crippen LogP contribution in [-0.2, 0) is 24.4 Å². The maximum Gasteiger partial charge on any atom is 0.331 e. The van der Waals surface area contributed by atoms with Crippen LogP contribution in [-0.4, -0.2) is 26.0 Å². The van der Waals surface area contributed by atoms with E-state index in [4.69, 9.17) is 0 Å². The summed E-state index contributed by atoms with van der Waals surface area (Å²) in [5, 5.41) is 0.441. The van der Waals surface area contributed by atoms with E-state index in [2.05, 4.69) is 0 Å². The molecule has 1 heterocycles. The number of hydrogen-bond acceptors (Lipinski definition) is 3. The van der Waals surface area contributed by atoms with Gasteiger partial charge in [0.2, 0.25) is 5.91 Å². The molecule has 0 saturated carbocycles. The molecule has 1 amide bonds. The first-order chi connectivity index (χ1) is 13.4. The van der Waals surface area contributed by atoms with E-state index in [0.29, 0.717) is 17.4 Å². The van der Waals surface area contributed by atoms with Crippen LogP contribution in [0.3, 0.4) is 0 Å². The Labute approximate surface area is 163 Å². The van der Waals surface area contributed by atoms with E-state index >= 15 is 0 Å². The summed E-state index contributed by atoms with van der Waals surface area (Å²) in [6.45, 7) is 6.28. The second-order valence-electron chi connectivity index (χ2n) is 7.04. The van der Waals surface area contributed by atoms with E-state index in [1.165, 1.54) is 9.13 Å². The zero-order chi connectivity index (χ0) is 20.3. The maximum atomic E-state index is 13.1. The summed E-state index contributed by atoms with van der Waals surface area (Å²) in [7, 11) is 0. The summed E-state index contributed by atoms with van der Waals surface area (Å²) >= 11 is 0. The Balaban J connectivity index is 2.02. The van der Waals surface area contributed by atoms with Gasteiger partial charge in [-0.05, 0) is 38.5 Å². The van der Waals surface area contributed by atoms with Crippen LogP contribution in [0, 0.1) is 0 Å². The Morgan fingerprint density at radius 2 is 1.61 bits per heavy atom. The summed E-state index contributed by atoms with van der Waals surface area (Å²) < 4.78 is 2.58. The van der Waals surface area contributed by atoms with Crippen molar-refractivity contribution >= 4 is 16.8 Å². The lowest BCUT2D eigenvalue weighted by atomic mass is 10.2. The van der Waals surface area contributed by atoms with Crippen LogP contribution in [0.15, 0.2) is 64.2 Å². The molecule has 6 nitrogen and oxygen atoms in total. The molecule has 0 saturated heterocycles. The van der Waals surface area contributed by atoms with Crippen LogP contribution in [0.1, 0.15) is 26.3 Å². The van der Waals surface area contributed by atoms with E-state index in [1.54, 1.807) is 36.1 Å². The number of rotatable bonds is 6. The number of aromatic nitrogens is 2. The highest BCUT2D eigenvalue weighted by Gasteiger charge is 2.20. The zero-order valence-electron chi connectivity index (χ0n) is 16.5. The molecule has 0 aliphatic heterocycles. The highest BCUT2D eigenvalue weighted by Crippen LogP contribution is 2.12. The molecule has 0 fully saturated rings. The second-order valence-corrected chi connectivity index (χ2v) is 7.04. The van der Waals surface area contributed by atoms with Crippen molar-refractivity contribution in [3.05, 3.63) is 81.0 Å². The molecule has 28 heavy (non-hydrogen) atoms. The lowest BCUT2D eigenvalue weighted by Crippen LogP contribution is -2.44. The van der Waals surface area contributed by atoms with Gasteiger partial charge in [-0.25, -0.2) is 4.79 Å². The molecule has 0 spiro atoms. The Morgan fingerprint density at radius 1 is 0.964 bits per heavy atom. The van der Waals surface area contributed by atoms with E-state index < -0.39 is 5.69 Å². The van der Waals surface area contributed by atoms with Crippen molar-refractivity contribution in [3.8, 4) is 0 Å². The maximum absolute atomic E-state index is 13.1. The standard InChI is InChI=1S/C22H25N3O3/c1-4-23-21(27)18-12-8-9-13-19(18)25(22(23)28)15-20(26)24(16(2)3)14-17-10-6-5-7-11-17/h5-13,16H,4,14-15H2,1-3H3.